The van der Waals surface area contributed by atoms with Gasteiger partial charge < -0.3 is 9.56 Å². The van der Waals surface area contributed by atoms with Crippen LogP contribution in [0.15, 0.2) is 45.8 Å². The molecule has 8 nitrogen and oxygen atoms in total. The Morgan fingerprint density at radius 1 is 1.37 bits per heavy atom. The summed E-state index contributed by atoms with van der Waals surface area (Å²) in [5, 5.41) is 20.7. The van der Waals surface area contributed by atoms with Crippen LogP contribution < -0.4 is 0 Å². The van der Waals surface area contributed by atoms with Gasteiger partial charge in [-0.15, -0.1) is 0 Å². The van der Waals surface area contributed by atoms with Crippen molar-refractivity contribution in [1.29, 1.82) is 10.5 Å². The van der Waals surface area contributed by atoms with E-state index in [1.54, 1.807) is 37.9 Å². The lowest BCUT2D eigenvalue weighted by Crippen LogP contribution is -2.39. The minimum atomic E-state index is -0.379. The average Bonchev–Trinajstić information content (AvgIpc) is 3.22. The number of aromatic nitrogens is 2. The van der Waals surface area contributed by atoms with Gasteiger partial charge in [0.1, 0.15) is 12.2 Å². The molecule has 0 N–H and O–H groups in total. The minimum absolute atomic E-state index is 0.379. The quantitative estimate of drug-likeness (QED) is 0.268. The summed E-state index contributed by atoms with van der Waals surface area (Å²) in [5.74, 6) is 0.914. The van der Waals surface area contributed by atoms with Gasteiger partial charge in [0.2, 0.25) is 0 Å². The molecule has 1 aliphatic rings. The van der Waals surface area contributed by atoms with E-state index in [1.807, 2.05) is 36.0 Å². The Hall–Kier alpha value is -3.46. The van der Waals surface area contributed by atoms with Crippen molar-refractivity contribution < 1.29 is 4.39 Å². The van der Waals surface area contributed by atoms with Crippen LogP contribution in [0.25, 0.3) is 0 Å². The van der Waals surface area contributed by atoms with Crippen molar-refractivity contribution in [2.45, 2.75) is 39.2 Å². The van der Waals surface area contributed by atoms with Crippen LogP contribution in [0.5, 0.6) is 0 Å². The maximum atomic E-state index is 12.7. The minimum Gasteiger partial charge on any atom is -0.329 e. The number of allylic oxidation sites excluding steroid dienone is 3. The van der Waals surface area contributed by atoms with Crippen LogP contribution in [0.1, 0.15) is 32.0 Å². The van der Waals surface area contributed by atoms with Gasteiger partial charge in [-0.05, 0) is 38.0 Å². The fourth-order valence-corrected chi connectivity index (χ4v) is 2.67. The first-order valence-corrected chi connectivity index (χ1v) is 9.73. The molecule has 1 aromatic heterocycles. The Bertz CT molecular complexity index is 834. The predicted octanol–water partition coefficient (Wildman–Crippen LogP) is 3.28. The van der Waals surface area contributed by atoms with Crippen LogP contribution in [0, 0.1) is 22.8 Å². The van der Waals surface area contributed by atoms with Crippen LogP contribution in [-0.2, 0) is 13.0 Å². The van der Waals surface area contributed by atoms with Crippen LogP contribution in [0.3, 0.4) is 0 Å². The fourth-order valence-electron chi connectivity index (χ4n) is 2.67. The SMILES string of the molecule is CC=NC.CN(C#N)N1C=NC(Cn2ccnc2CC/C=C/C#N)=C(CCCF)C1. The molecule has 9 heteroatoms. The van der Waals surface area contributed by atoms with Gasteiger partial charge in [0.05, 0.1) is 31.5 Å². The first-order chi connectivity index (χ1) is 14.6. The van der Waals surface area contributed by atoms with E-state index >= 15 is 0 Å². The lowest BCUT2D eigenvalue weighted by Gasteiger charge is -2.30. The molecular formula is C21H29FN8. The highest BCUT2D eigenvalue weighted by molar-refractivity contribution is 5.59. The van der Waals surface area contributed by atoms with Gasteiger partial charge in [-0.25, -0.2) is 15.0 Å². The summed E-state index contributed by atoms with van der Waals surface area (Å²) in [6.07, 6.45) is 14.9. The Labute approximate surface area is 177 Å². The average molecular weight is 413 g/mol. The van der Waals surface area contributed by atoms with Crippen molar-refractivity contribution in [3.63, 3.8) is 0 Å². The number of aliphatic imine (C=N–C) groups is 2. The number of imidazole rings is 1. The third-order valence-corrected chi connectivity index (χ3v) is 4.36. The summed E-state index contributed by atoms with van der Waals surface area (Å²) in [7, 11) is 3.41. The molecule has 30 heavy (non-hydrogen) atoms. The third kappa shape index (κ3) is 8.27. The largest absolute Gasteiger partial charge is 0.329 e. The van der Waals surface area contributed by atoms with Crippen molar-refractivity contribution in [2.75, 3.05) is 27.3 Å². The Kier molecular flexibility index (Phi) is 11.9. The monoisotopic (exact) mass is 412 g/mol. The fraction of sp³-hybridized carbons (Fsp3) is 0.476. The maximum Gasteiger partial charge on any atom is 0.199 e. The van der Waals surface area contributed by atoms with Crippen LogP contribution in [-0.4, -0.2) is 59.4 Å². The number of nitriles is 2. The number of halogens is 1. The van der Waals surface area contributed by atoms with Gasteiger partial charge in [-0.1, -0.05) is 6.08 Å². The molecule has 1 aromatic rings. The highest BCUT2D eigenvalue weighted by atomic mass is 19.1. The number of hydrogen-bond acceptors (Lipinski definition) is 7. The number of alkyl halides is 1. The van der Waals surface area contributed by atoms with Crippen molar-refractivity contribution in [3.05, 3.63) is 41.6 Å². The zero-order valence-corrected chi connectivity index (χ0v) is 17.9. The van der Waals surface area contributed by atoms with E-state index in [0.29, 0.717) is 25.9 Å². The van der Waals surface area contributed by atoms with Gasteiger partial charge in [0.15, 0.2) is 6.19 Å². The molecule has 0 aliphatic carbocycles. The maximum absolute atomic E-state index is 12.7. The van der Waals surface area contributed by atoms with Crippen molar-refractivity contribution in [2.24, 2.45) is 9.98 Å². The summed E-state index contributed by atoms with van der Waals surface area (Å²) in [6.45, 7) is 2.59. The second-order valence-electron chi connectivity index (χ2n) is 6.37. The molecule has 0 amide bonds. The molecule has 2 heterocycles. The third-order valence-electron chi connectivity index (χ3n) is 4.36. The van der Waals surface area contributed by atoms with Gasteiger partial charge in [-0.2, -0.15) is 10.5 Å². The van der Waals surface area contributed by atoms with Crippen molar-refractivity contribution in [1.82, 2.24) is 19.6 Å². The van der Waals surface area contributed by atoms with Gasteiger partial charge in [0, 0.05) is 39.0 Å². The number of hydrazine groups is 1. The Morgan fingerprint density at radius 2 is 2.13 bits per heavy atom. The van der Waals surface area contributed by atoms with Crippen LogP contribution in [0.4, 0.5) is 4.39 Å². The molecule has 0 fully saturated rings. The molecule has 0 saturated carbocycles. The summed E-state index contributed by atoms with van der Waals surface area (Å²) in [4.78, 5) is 12.5. The number of aryl methyl sites for hydroxylation is 1. The smallest absolute Gasteiger partial charge is 0.199 e. The highest BCUT2D eigenvalue weighted by Crippen LogP contribution is 2.21. The van der Waals surface area contributed by atoms with E-state index < -0.39 is 0 Å². The molecule has 0 unspecified atom stereocenters. The summed E-state index contributed by atoms with van der Waals surface area (Å²) >= 11 is 0. The molecule has 0 bridgehead atoms. The van der Waals surface area contributed by atoms with E-state index in [9.17, 15) is 4.39 Å². The molecule has 0 spiro atoms. The standard InChI is InChI=1S/C18H22FN7.C3H7N/c1-24(14-21)26-12-16(6-5-8-19)17(23-15-26)13-25-11-10-22-18(25)7-3-2-4-9-20;1-3-4-2/h2,4,10-11,15H,3,5-8,12-13H2,1H3;3H,1-2H3/b4-2+;. The van der Waals surface area contributed by atoms with Gasteiger partial charge in [-0.3, -0.25) is 9.40 Å². The highest BCUT2D eigenvalue weighted by Gasteiger charge is 2.18. The lowest BCUT2D eigenvalue weighted by molar-refractivity contribution is 0.164. The van der Waals surface area contributed by atoms with Gasteiger partial charge >= 0.3 is 0 Å². The number of nitrogens with zero attached hydrogens (tertiary/aromatic N) is 8. The second kappa shape index (κ2) is 14.5. The van der Waals surface area contributed by atoms with Crippen LogP contribution >= 0.6 is 0 Å². The van der Waals surface area contributed by atoms with Crippen molar-refractivity contribution >= 4 is 12.6 Å². The molecule has 1 aliphatic heterocycles. The normalized spacial score (nSPS) is 13.3. The summed E-state index contributed by atoms with van der Waals surface area (Å²) in [5.41, 5.74) is 1.91. The predicted molar refractivity (Wildman–Crippen MR) is 116 cm³/mol. The van der Waals surface area contributed by atoms with E-state index in [1.165, 1.54) is 11.1 Å². The molecule has 0 aromatic carbocycles. The molecule has 160 valence electrons. The molecule has 0 atom stereocenters. The van der Waals surface area contributed by atoms with Gasteiger partial charge in [0.25, 0.3) is 0 Å². The van der Waals surface area contributed by atoms with E-state index in [4.69, 9.17) is 10.5 Å². The topological polar surface area (TPSA) is 96.6 Å². The Morgan fingerprint density at radius 3 is 2.77 bits per heavy atom. The lowest BCUT2D eigenvalue weighted by atomic mass is 10.1. The molecule has 2 rings (SSSR count). The summed E-state index contributed by atoms with van der Waals surface area (Å²) in [6, 6.07) is 1.97. The Balaban J connectivity index is 0.00000103. The molecular weight excluding hydrogens is 383 g/mol. The first kappa shape index (κ1) is 24.6. The van der Waals surface area contributed by atoms with Crippen LogP contribution in [0.2, 0.25) is 0 Å². The molecule has 0 saturated heterocycles. The zero-order valence-electron chi connectivity index (χ0n) is 17.9. The van der Waals surface area contributed by atoms with E-state index in [-0.39, 0.29) is 6.67 Å². The van der Waals surface area contributed by atoms with E-state index in [0.717, 1.165) is 29.9 Å². The second-order valence-corrected chi connectivity index (χ2v) is 6.37. The molecule has 0 radical (unpaired) electrons. The number of hydrogen-bond donors (Lipinski definition) is 0. The first-order valence-electron chi connectivity index (χ1n) is 9.73. The van der Waals surface area contributed by atoms with Crippen molar-refractivity contribution in [3.8, 4) is 12.3 Å². The zero-order chi connectivity index (χ0) is 22.2. The number of rotatable bonds is 9. The van der Waals surface area contributed by atoms with E-state index in [2.05, 4.69) is 15.0 Å². The summed E-state index contributed by atoms with van der Waals surface area (Å²) < 4.78 is 14.7.